The van der Waals surface area contributed by atoms with Crippen LogP contribution in [0.3, 0.4) is 0 Å². The quantitative estimate of drug-likeness (QED) is 0.831. The fraction of sp³-hybridized carbons (Fsp3) is 0.650. The van der Waals surface area contributed by atoms with E-state index in [4.69, 9.17) is 0 Å². The zero-order valence-electron chi connectivity index (χ0n) is 15.9. The van der Waals surface area contributed by atoms with E-state index in [0.29, 0.717) is 18.5 Å². The lowest BCUT2D eigenvalue weighted by Gasteiger charge is -2.39. The summed E-state index contributed by atoms with van der Waals surface area (Å²) in [6, 6.07) is 9.26. The van der Waals surface area contributed by atoms with Crippen molar-refractivity contribution < 1.29 is 4.79 Å². The van der Waals surface area contributed by atoms with E-state index in [-0.39, 0.29) is 0 Å². The molecule has 1 aromatic carbocycles. The summed E-state index contributed by atoms with van der Waals surface area (Å²) < 4.78 is 0. The molecule has 138 valence electrons. The molecule has 3 rings (SSSR count). The van der Waals surface area contributed by atoms with Gasteiger partial charge in [0.1, 0.15) is 0 Å². The Hall–Kier alpha value is -1.59. The van der Waals surface area contributed by atoms with Gasteiger partial charge in [-0.1, -0.05) is 12.1 Å². The fourth-order valence-electron chi connectivity index (χ4n) is 3.77. The Balaban J connectivity index is 1.44. The second kappa shape index (κ2) is 8.19. The van der Waals surface area contributed by atoms with Gasteiger partial charge in [0.15, 0.2) is 0 Å². The molecule has 0 saturated carbocycles. The molecule has 0 unspecified atom stereocenters. The van der Waals surface area contributed by atoms with Gasteiger partial charge in [-0.05, 0) is 38.5 Å². The van der Waals surface area contributed by atoms with Gasteiger partial charge in [-0.15, -0.1) is 0 Å². The molecule has 2 aliphatic heterocycles. The van der Waals surface area contributed by atoms with Crippen molar-refractivity contribution in [3.8, 4) is 0 Å². The molecule has 0 spiro atoms. The topological polar surface area (TPSA) is 30.0 Å². The zero-order valence-corrected chi connectivity index (χ0v) is 15.9. The highest BCUT2D eigenvalue weighted by Crippen LogP contribution is 2.18. The van der Waals surface area contributed by atoms with Crippen LogP contribution in [0.5, 0.6) is 0 Å². The summed E-state index contributed by atoms with van der Waals surface area (Å²) in [7, 11) is 0. The van der Waals surface area contributed by atoms with E-state index in [0.717, 1.165) is 52.4 Å². The molecule has 0 aromatic heterocycles. The summed E-state index contributed by atoms with van der Waals surface area (Å²) in [6.45, 7) is 14.8. The minimum absolute atomic E-state index is 0.299. The molecule has 0 bridgehead atoms. The highest BCUT2D eigenvalue weighted by molar-refractivity contribution is 5.78. The molecule has 0 atom stereocenters. The Morgan fingerprint density at radius 1 is 1.00 bits per heavy atom. The van der Waals surface area contributed by atoms with Crippen LogP contribution < -0.4 is 4.90 Å². The number of carbonyl (C=O) groups excluding carboxylic acids is 1. The number of carbonyl (C=O) groups is 1. The lowest BCUT2D eigenvalue weighted by Crippen LogP contribution is -2.54. The number of hydrogen-bond acceptors (Lipinski definition) is 4. The first-order chi connectivity index (χ1) is 12.0. The SMILES string of the molecule is Cc1cccc(N2CCN(CC(=O)N3CCN(C(C)C)CC3)CC2)c1. The van der Waals surface area contributed by atoms with E-state index in [1.165, 1.54) is 11.3 Å². The van der Waals surface area contributed by atoms with E-state index < -0.39 is 0 Å². The number of nitrogens with zero attached hydrogens (tertiary/aromatic N) is 4. The Morgan fingerprint density at radius 2 is 1.68 bits per heavy atom. The van der Waals surface area contributed by atoms with Crippen LogP contribution >= 0.6 is 0 Å². The molecular weight excluding hydrogens is 312 g/mol. The molecular formula is C20H32N4O. The summed E-state index contributed by atoms with van der Waals surface area (Å²) >= 11 is 0. The molecule has 2 aliphatic rings. The molecule has 25 heavy (non-hydrogen) atoms. The van der Waals surface area contributed by atoms with Crippen molar-refractivity contribution in [2.24, 2.45) is 0 Å². The normalized spacial score (nSPS) is 20.3. The third-order valence-electron chi connectivity index (χ3n) is 5.50. The van der Waals surface area contributed by atoms with E-state index in [1.807, 2.05) is 4.90 Å². The Bertz CT molecular complexity index is 573. The lowest BCUT2D eigenvalue weighted by atomic mass is 10.2. The van der Waals surface area contributed by atoms with E-state index >= 15 is 0 Å². The average molecular weight is 345 g/mol. The lowest BCUT2D eigenvalue weighted by molar-refractivity contribution is -0.134. The second-order valence-electron chi connectivity index (χ2n) is 7.61. The largest absolute Gasteiger partial charge is 0.369 e. The highest BCUT2D eigenvalue weighted by atomic mass is 16.2. The number of benzene rings is 1. The van der Waals surface area contributed by atoms with Crippen molar-refractivity contribution in [3.63, 3.8) is 0 Å². The van der Waals surface area contributed by atoms with Crippen molar-refractivity contribution in [1.29, 1.82) is 0 Å². The van der Waals surface area contributed by atoms with Crippen LogP contribution in [0.25, 0.3) is 0 Å². The first-order valence-corrected chi connectivity index (χ1v) is 9.59. The summed E-state index contributed by atoms with van der Waals surface area (Å²) in [5.74, 6) is 0.299. The molecule has 0 N–H and O–H groups in total. The number of piperazine rings is 2. The molecule has 2 fully saturated rings. The van der Waals surface area contributed by atoms with Gasteiger partial charge in [0.25, 0.3) is 0 Å². The standard InChI is InChI=1S/C20H32N4O/c1-17(2)22-11-13-24(14-12-22)20(25)16-21-7-9-23(10-8-21)19-6-4-5-18(3)15-19/h4-6,15,17H,7-14,16H2,1-3H3. The highest BCUT2D eigenvalue weighted by Gasteiger charge is 2.25. The maximum Gasteiger partial charge on any atom is 0.236 e. The number of rotatable bonds is 4. The molecule has 5 heteroatoms. The van der Waals surface area contributed by atoms with E-state index in [9.17, 15) is 4.79 Å². The molecule has 0 radical (unpaired) electrons. The molecule has 1 amide bonds. The average Bonchev–Trinajstić information content (AvgIpc) is 2.62. The fourth-order valence-corrected chi connectivity index (χ4v) is 3.77. The van der Waals surface area contributed by atoms with Crippen LogP contribution in [0.4, 0.5) is 5.69 Å². The van der Waals surface area contributed by atoms with Crippen LogP contribution in [0, 0.1) is 6.92 Å². The monoisotopic (exact) mass is 344 g/mol. The third kappa shape index (κ3) is 4.73. The maximum absolute atomic E-state index is 12.6. The van der Waals surface area contributed by atoms with Crippen molar-refractivity contribution in [3.05, 3.63) is 29.8 Å². The van der Waals surface area contributed by atoms with Gasteiger partial charge in [-0.3, -0.25) is 14.6 Å². The van der Waals surface area contributed by atoms with Crippen molar-refractivity contribution in [2.45, 2.75) is 26.8 Å². The van der Waals surface area contributed by atoms with Gasteiger partial charge in [0.2, 0.25) is 5.91 Å². The van der Waals surface area contributed by atoms with Gasteiger partial charge in [-0.25, -0.2) is 0 Å². The number of aryl methyl sites for hydroxylation is 1. The Labute approximate surface area is 152 Å². The van der Waals surface area contributed by atoms with Gasteiger partial charge in [0, 0.05) is 64.1 Å². The summed E-state index contributed by atoms with van der Waals surface area (Å²) in [5.41, 5.74) is 2.60. The number of anilines is 1. The smallest absolute Gasteiger partial charge is 0.236 e. The van der Waals surface area contributed by atoms with Gasteiger partial charge < -0.3 is 9.80 Å². The first-order valence-electron chi connectivity index (χ1n) is 9.59. The number of amides is 1. The Kier molecular flexibility index (Phi) is 5.97. The Morgan fingerprint density at radius 3 is 2.28 bits per heavy atom. The summed E-state index contributed by atoms with van der Waals surface area (Å²) in [5, 5.41) is 0. The molecule has 2 saturated heterocycles. The maximum atomic E-state index is 12.6. The predicted molar refractivity (Wildman–Crippen MR) is 103 cm³/mol. The first kappa shape index (κ1) is 18.2. The van der Waals surface area contributed by atoms with Crippen LogP contribution in [-0.4, -0.2) is 85.6 Å². The molecule has 2 heterocycles. The number of hydrogen-bond donors (Lipinski definition) is 0. The van der Waals surface area contributed by atoms with Crippen LogP contribution in [-0.2, 0) is 4.79 Å². The second-order valence-corrected chi connectivity index (χ2v) is 7.61. The van der Waals surface area contributed by atoms with Gasteiger partial charge in [0.05, 0.1) is 6.54 Å². The van der Waals surface area contributed by atoms with Crippen molar-refractivity contribution >= 4 is 11.6 Å². The van der Waals surface area contributed by atoms with Gasteiger partial charge in [-0.2, -0.15) is 0 Å². The molecule has 0 aliphatic carbocycles. The third-order valence-corrected chi connectivity index (χ3v) is 5.50. The van der Waals surface area contributed by atoms with Crippen LogP contribution in [0.1, 0.15) is 19.4 Å². The van der Waals surface area contributed by atoms with E-state index in [1.54, 1.807) is 0 Å². The van der Waals surface area contributed by atoms with Crippen molar-refractivity contribution in [1.82, 2.24) is 14.7 Å². The molecule has 1 aromatic rings. The van der Waals surface area contributed by atoms with E-state index in [2.05, 4.69) is 59.7 Å². The minimum atomic E-state index is 0.299. The summed E-state index contributed by atoms with van der Waals surface area (Å²) in [4.78, 5) is 21.8. The summed E-state index contributed by atoms with van der Waals surface area (Å²) in [6.07, 6.45) is 0. The molecule has 5 nitrogen and oxygen atoms in total. The van der Waals surface area contributed by atoms with Crippen molar-refractivity contribution in [2.75, 3.05) is 63.8 Å². The minimum Gasteiger partial charge on any atom is -0.369 e. The van der Waals surface area contributed by atoms with Crippen LogP contribution in [0.15, 0.2) is 24.3 Å². The van der Waals surface area contributed by atoms with Crippen LogP contribution in [0.2, 0.25) is 0 Å². The zero-order chi connectivity index (χ0) is 17.8. The van der Waals surface area contributed by atoms with Gasteiger partial charge >= 0.3 is 0 Å². The predicted octanol–water partition coefficient (Wildman–Crippen LogP) is 1.67.